The van der Waals surface area contributed by atoms with Crippen LogP contribution in [0.15, 0.2) is 24.3 Å². The molecule has 0 atom stereocenters. The second kappa shape index (κ2) is 11.3. The number of carbonyl (C=O) groups excluding carboxylic acids is 1. The number of hydrogen-bond donors (Lipinski definition) is 1. The van der Waals surface area contributed by atoms with Gasteiger partial charge in [-0.2, -0.15) is 0 Å². The first-order chi connectivity index (χ1) is 11.2. The third-order valence-corrected chi connectivity index (χ3v) is 4.22. The highest BCUT2D eigenvalue weighted by atomic mass is 35.5. The number of ether oxygens (including phenoxy) is 2. The lowest BCUT2D eigenvalue weighted by Crippen LogP contribution is -2.40. The fourth-order valence-corrected chi connectivity index (χ4v) is 2.83. The molecule has 24 heavy (non-hydrogen) atoms. The van der Waals surface area contributed by atoms with Gasteiger partial charge in [0, 0.05) is 25.8 Å². The van der Waals surface area contributed by atoms with Gasteiger partial charge in [0.2, 0.25) is 0 Å². The smallest absolute Gasteiger partial charge is 0.253 e. The quantitative estimate of drug-likeness (QED) is 0.727. The minimum absolute atomic E-state index is 0. The standard InChI is InChI=1S/C18H28N2O3.ClH/c1-3-19-14-15-7-9-20(10-8-15)18(21)16-5-4-6-17(13-16)23-12-11-22-2;/h4-6,13,15,19H,3,7-12,14H2,1-2H3;1H. The average molecular weight is 357 g/mol. The van der Waals surface area contributed by atoms with Gasteiger partial charge in [0.25, 0.3) is 5.91 Å². The topological polar surface area (TPSA) is 50.8 Å². The second-order valence-electron chi connectivity index (χ2n) is 5.91. The number of benzene rings is 1. The number of amides is 1. The summed E-state index contributed by atoms with van der Waals surface area (Å²) in [4.78, 5) is 14.6. The van der Waals surface area contributed by atoms with E-state index >= 15 is 0 Å². The van der Waals surface area contributed by atoms with Crippen LogP contribution in [0.2, 0.25) is 0 Å². The predicted molar refractivity (Wildman–Crippen MR) is 98.2 cm³/mol. The van der Waals surface area contributed by atoms with Crippen LogP contribution in [0.1, 0.15) is 30.1 Å². The summed E-state index contributed by atoms with van der Waals surface area (Å²) in [7, 11) is 1.64. The average Bonchev–Trinajstić information content (AvgIpc) is 2.60. The summed E-state index contributed by atoms with van der Waals surface area (Å²) in [6, 6.07) is 7.42. The summed E-state index contributed by atoms with van der Waals surface area (Å²) >= 11 is 0. The molecule has 0 radical (unpaired) electrons. The van der Waals surface area contributed by atoms with Crippen LogP contribution in [0, 0.1) is 5.92 Å². The van der Waals surface area contributed by atoms with Gasteiger partial charge in [-0.05, 0) is 50.0 Å². The number of nitrogens with zero attached hydrogens (tertiary/aromatic N) is 1. The molecule has 1 aliphatic heterocycles. The van der Waals surface area contributed by atoms with Crippen LogP contribution in [0.5, 0.6) is 5.75 Å². The Morgan fingerprint density at radius 3 is 2.71 bits per heavy atom. The normalized spacial score (nSPS) is 15.0. The first-order valence-corrected chi connectivity index (χ1v) is 8.46. The van der Waals surface area contributed by atoms with Gasteiger partial charge in [0.05, 0.1) is 6.61 Å². The van der Waals surface area contributed by atoms with Crippen molar-refractivity contribution in [1.82, 2.24) is 10.2 Å². The minimum Gasteiger partial charge on any atom is -0.491 e. The largest absolute Gasteiger partial charge is 0.491 e. The first kappa shape index (κ1) is 20.7. The minimum atomic E-state index is 0. The van der Waals surface area contributed by atoms with Gasteiger partial charge < -0.3 is 19.7 Å². The van der Waals surface area contributed by atoms with Crippen molar-refractivity contribution in [2.75, 3.05) is 46.5 Å². The molecule has 0 aromatic heterocycles. The summed E-state index contributed by atoms with van der Waals surface area (Å²) in [6.07, 6.45) is 2.14. The Bertz CT molecular complexity index is 491. The third-order valence-electron chi connectivity index (χ3n) is 4.22. The monoisotopic (exact) mass is 356 g/mol. The van der Waals surface area contributed by atoms with Gasteiger partial charge in [-0.1, -0.05) is 13.0 Å². The summed E-state index contributed by atoms with van der Waals surface area (Å²) in [6.45, 7) is 6.89. The number of methoxy groups -OCH3 is 1. The molecule has 1 fully saturated rings. The van der Waals surface area contributed by atoms with E-state index < -0.39 is 0 Å². The zero-order valence-corrected chi connectivity index (χ0v) is 15.4. The molecule has 2 rings (SSSR count). The maximum atomic E-state index is 12.6. The molecule has 5 nitrogen and oxygen atoms in total. The summed E-state index contributed by atoms with van der Waals surface area (Å²) in [5.74, 6) is 1.50. The molecule has 1 aromatic rings. The lowest BCUT2D eigenvalue weighted by atomic mass is 9.96. The molecule has 1 N–H and O–H groups in total. The van der Waals surface area contributed by atoms with Crippen molar-refractivity contribution in [1.29, 1.82) is 0 Å². The second-order valence-corrected chi connectivity index (χ2v) is 5.91. The Morgan fingerprint density at radius 2 is 2.04 bits per heavy atom. The predicted octanol–water partition coefficient (Wildman–Crippen LogP) is 2.60. The zero-order chi connectivity index (χ0) is 16.5. The van der Waals surface area contributed by atoms with Crippen molar-refractivity contribution in [2.24, 2.45) is 5.92 Å². The maximum absolute atomic E-state index is 12.6. The van der Waals surface area contributed by atoms with E-state index in [0.29, 0.717) is 24.7 Å². The lowest BCUT2D eigenvalue weighted by Gasteiger charge is -2.32. The lowest BCUT2D eigenvalue weighted by molar-refractivity contribution is 0.0689. The van der Waals surface area contributed by atoms with Crippen LogP contribution < -0.4 is 10.1 Å². The molecule has 136 valence electrons. The molecular formula is C18H29ClN2O3. The van der Waals surface area contributed by atoms with E-state index in [1.807, 2.05) is 29.2 Å². The molecule has 0 spiro atoms. The molecule has 1 aliphatic rings. The molecular weight excluding hydrogens is 328 g/mol. The van der Waals surface area contributed by atoms with Crippen molar-refractivity contribution in [2.45, 2.75) is 19.8 Å². The van der Waals surface area contributed by atoms with E-state index in [9.17, 15) is 4.79 Å². The number of likely N-dealkylation sites (tertiary alicyclic amines) is 1. The van der Waals surface area contributed by atoms with Crippen LogP contribution >= 0.6 is 12.4 Å². The Morgan fingerprint density at radius 1 is 1.29 bits per heavy atom. The number of piperidine rings is 1. The van der Waals surface area contributed by atoms with Gasteiger partial charge in [-0.3, -0.25) is 4.79 Å². The summed E-state index contributed by atoms with van der Waals surface area (Å²) in [5, 5.41) is 3.40. The van der Waals surface area contributed by atoms with Gasteiger partial charge in [0.15, 0.2) is 0 Å². The molecule has 1 amide bonds. The van der Waals surface area contributed by atoms with Crippen LogP contribution in [-0.2, 0) is 4.74 Å². The van der Waals surface area contributed by atoms with E-state index in [4.69, 9.17) is 9.47 Å². The molecule has 0 aliphatic carbocycles. The van der Waals surface area contributed by atoms with E-state index in [0.717, 1.165) is 44.8 Å². The molecule has 1 heterocycles. The van der Waals surface area contributed by atoms with Crippen LogP contribution in [0.25, 0.3) is 0 Å². The van der Waals surface area contributed by atoms with Crippen molar-refractivity contribution >= 4 is 18.3 Å². The van der Waals surface area contributed by atoms with Gasteiger partial charge in [-0.25, -0.2) is 0 Å². The molecule has 1 aromatic carbocycles. The van der Waals surface area contributed by atoms with Crippen molar-refractivity contribution in [3.05, 3.63) is 29.8 Å². The van der Waals surface area contributed by atoms with Crippen LogP contribution in [-0.4, -0.2) is 57.3 Å². The number of rotatable bonds is 8. The molecule has 0 bridgehead atoms. The maximum Gasteiger partial charge on any atom is 0.253 e. The number of hydrogen-bond acceptors (Lipinski definition) is 4. The Labute approximate surface area is 151 Å². The molecule has 6 heteroatoms. The Hall–Kier alpha value is -1.30. The van der Waals surface area contributed by atoms with Gasteiger partial charge in [0.1, 0.15) is 12.4 Å². The number of halogens is 1. The van der Waals surface area contributed by atoms with E-state index in [1.54, 1.807) is 7.11 Å². The zero-order valence-electron chi connectivity index (χ0n) is 14.6. The molecule has 0 saturated carbocycles. The van der Waals surface area contributed by atoms with Crippen molar-refractivity contribution < 1.29 is 14.3 Å². The Balaban J connectivity index is 0.00000288. The van der Waals surface area contributed by atoms with E-state index in [-0.39, 0.29) is 18.3 Å². The van der Waals surface area contributed by atoms with E-state index in [1.165, 1.54) is 0 Å². The first-order valence-electron chi connectivity index (χ1n) is 8.46. The fourth-order valence-electron chi connectivity index (χ4n) is 2.83. The Kier molecular flexibility index (Phi) is 9.76. The highest BCUT2D eigenvalue weighted by Crippen LogP contribution is 2.20. The summed E-state index contributed by atoms with van der Waals surface area (Å²) in [5.41, 5.74) is 0.699. The van der Waals surface area contributed by atoms with E-state index in [2.05, 4.69) is 12.2 Å². The van der Waals surface area contributed by atoms with Gasteiger partial charge in [-0.15, -0.1) is 12.4 Å². The summed E-state index contributed by atoms with van der Waals surface area (Å²) < 4.78 is 10.6. The third kappa shape index (κ3) is 6.30. The highest BCUT2D eigenvalue weighted by Gasteiger charge is 2.23. The number of nitrogens with one attached hydrogen (secondary N) is 1. The SMILES string of the molecule is CCNCC1CCN(C(=O)c2cccc(OCCOC)c2)CC1.Cl. The number of carbonyl (C=O) groups is 1. The van der Waals surface area contributed by atoms with Gasteiger partial charge >= 0.3 is 0 Å². The van der Waals surface area contributed by atoms with Crippen LogP contribution in [0.4, 0.5) is 0 Å². The molecule has 1 saturated heterocycles. The van der Waals surface area contributed by atoms with Crippen molar-refractivity contribution in [3.63, 3.8) is 0 Å². The highest BCUT2D eigenvalue weighted by molar-refractivity contribution is 5.94. The molecule has 0 unspecified atom stereocenters. The van der Waals surface area contributed by atoms with Crippen molar-refractivity contribution in [3.8, 4) is 5.75 Å². The fraction of sp³-hybridized carbons (Fsp3) is 0.611. The van der Waals surface area contributed by atoms with Crippen LogP contribution in [0.3, 0.4) is 0 Å².